The summed E-state index contributed by atoms with van der Waals surface area (Å²) in [7, 11) is 0. The van der Waals surface area contributed by atoms with Gasteiger partial charge in [0.2, 0.25) is 0 Å². The molecule has 1 amide bonds. The number of alkyl halides is 1. The highest BCUT2D eigenvalue weighted by Gasteiger charge is 2.13. The molecule has 0 fully saturated rings. The molecule has 2 N–H and O–H groups in total. The van der Waals surface area contributed by atoms with Crippen molar-refractivity contribution in [3.05, 3.63) is 28.1 Å². The number of aromatic nitrogens is 1. The van der Waals surface area contributed by atoms with Crippen molar-refractivity contribution in [2.75, 3.05) is 11.9 Å². The van der Waals surface area contributed by atoms with Gasteiger partial charge in [0, 0.05) is 17.9 Å². The molecule has 0 unspecified atom stereocenters. The second-order valence-corrected chi connectivity index (χ2v) is 3.27. The third-order valence-electron chi connectivity index (χ3n) is 1.50. The Kier molecular flexibility index (Phi) is 3.63. The molecule has 7 heteroatoms. The maximum atomic E-state index is 11.3. The van der Waals surface area contributed by atoms with E-state index in [1.807, 2.05) is 0 Å². The molecule has 1 rings (SSSR count). The summed E-state index contributed by atoms with van der Waals surface area (Å²) in [6, 6.07) is 1.20. The molecule has 0 radical (unpaired) electrons. The lowest BCUT2D eigenvalue weighted by Crippen LogP contribution is -2.25. The van der Waals surface area contributed by atoms with Crippen molar-refractivity contribution in [2.24, 2.45) is 0 Å². The molecule has 0 aliphatic heterocycles. The topological polar surface area (TPSA) is 88.0 Å². The molecule has 76 valence electrons. The van der Waals surface area contributed by atoms with Crippen molar-refractivity contribution < 1.29 is 9.72 Å². The first kappa shape index (κ1) is 10.7. The largest absolute Gasteiger partial charge is 0.351 e. The van der Waals surface area contributed by atoms with Crippen LogP contribution in [0.4, 0.5) is 5.69 Å². The number of nitrogens with zero attached hydrogens (tertiary/aromatic N) is 1. The maximum absolute atomic E-state index is 11.3. The molecule has 1 aromatic heterocycles. The molecule has 0 atom stereocenters. The summed E-state index contributed by atoms with van der Waals surface area (Å²) in [4.78, 5) is 23.5. The number of nitrogens with one attached hydrogen (secondary N) is 2. The fraction of sp³-hybridized carbons (Fsp3) is 0.286. The van der Waals surface area contributed by atoms with Crippen LogP contribution in [-0.2, 0) is 0 Å². The van der Waals surface area contributed by atoms with Gasteiger partial charge < -0.3 is 10.3 Å². The number of H-pyrrole nitrogens is 1. The number of carbonyl (C=O) groups is 1. The molecule has 0 aromatic carbocycles. The highest BCUT2D eigenvalue weighted by atomic mass is 79.9. The number of aromatic amines is 1. The molecule has 0 aliphatic carbocycles. The quantitative estimate of drug-likeness (QED) is 0.483. The highest BCUT2D eigenvalue weighted by molar-refractivity contribution is 9.09. The van der Waals surface area contributed by atoms with E-state index in [1.165, 1.54) is 12.3 Å². The van der Waals surface area contributed by atoms with E-state index in [4.69, 9.17) is 0 Å². The van der Waals surface area contributed by atoms with Crippen LogP contribution in [0.2, 0.25) is 0 Å². The molecule has 14 heavy (non-hydrogen) atoms. The van der Waals surface area contributed by atoms with Crippen LogP contribution in [0.3, 0.4) is 0 Å². The SMILES string of the molecule is O=C(NCCBr)c1cc([N+](=O)[O-])c[nH]1. The Morgan fingerprint density at radius 3 is 2.93 bits per heavy atom. The minimum atomic E-state index is -0.558. The lowest BCUT2D eigenvalue weighted by atomic mass is 10.4. The summed E-state index contributed by atoms with van der Waals surface area (Å²) in [5.41, 5.74) is 0.0756. The van der Waals surface area contributed by atoms with E-state index in [2.05, 4.69) is 26.2 Å². The first-order valence-corrected chi connectivity index (χ1v) is 4.94. The third-order valence-corrected chi connectivity index (χ3v) is 1.90. The minimum absolute atomic E-state index is 0.117. The summed E-state index contributed by atoms with van der Waals surface area (Å²) in [5, 5.41) is 13.5. The van der Waals surface area contributed by atoms with E-state index in [1.54, 1.807) is 0 Å². The van der Waals surface area contributed by atoms with Crippen LogP contribution in [0, 0.1) is 10.1 Å². The number of hydrogen-bond donors (Lipinski definition) is 2. The number of hydrogen-bond acceptors (Lipinski definition) is 3. The van der Waals surface area contributed by atoms with E-state index in [-0.39, 0.29) is 17.3 Å². The van der Waals surface area contributed by atoms with E-state index in [9.17, 15) is 14.9 Å². The molecule has 0 aliphatic rings. The number of halogens is 1. The van der Waals surface area contributed by atoms with E-state index in [0.717, 1.165) is 0 Å². The smallest absolute Gasteiger partial charge is 0.287 e. The predicted molar refractivity (Wildman–Crippen MR) is 53.6 cm³/mol. The van der Waals surface area contributed by atoms with Crippen molar-refractivity contribution in [3.8, 4) is 0 Å². The Morgan fingerprint density at radius 1 is 1.71 bits per heavy atom. The van der Waals surface area contributed by atoms with Gasteiger partial charge in [-0.15, -0.1) is 0 Å². The Hall–Kier alpha value is -1.37. The fourth-order valence-corrected chi connectivity index (χ4v) is 1.07. The van der Waals surface area contributed by atoms with Crippen LogP contribution >= 0.6 is 15.9 Å². The standard InChI is InChI=1S/C7H8BrN3O3/c8-1-2-9-7(12)6-3-5(4-10-6)11(13)14/h3-4,10H,1-2H2,(H,9,12). The van der Waals surface area contributed by atoms with Crippen molar-refractivity contribution in [3.63, 3.8) is 0 Å². The average molecular weight is 262 g/mol. The zero-order valence-corrected chi connectivity index (χ0v) is 8.70. The number of amides is 1. The molecule has 1 aromatic rings. The summed E-state index contributed by atoms with van der Waals surface area (Å²) in [6.45, 7) is 0.478. The van der Waals surface area contributed by atoms with Crippen molar-refractivity contribution in [1.29, 1.82) is 0 Å². The van der Waals surface area contributed by atoms with Gasteiger partial charge in [0.15, 0.2) is 0 Å². The fourth-order valence-electron chi connectivity index (χ4n) is 0.875. The Labute approximate surface area is 88.0 Å². The van der Waals surface area contributed by atoms with Crippen LogP contribution in [0.1, 0.15) is 10.5 Å². The van der Waals surface area contributed by atoms with Gasteiger partial charge in [-0.2, -0.15) is 0 Å². The van der Waals surface area contributed by atoms with Gasteiger partial charge in [0.1, 0.15) is 5.69 Å². The maximum Gasteiger partial charge on any atom is 0.287 e. The molecule has 0 saturated heterocycles. The zero-order valence-electron chi connectivity index (χ0n) is 7.12. The second kappa shape index (κ2) is 4.75. The molecule has 0 spiro atoms. The molecule has 1 heterocycles. The average Bonchev–Trinajstić information content (AvgIpc) is 2.62. The lowest BCUT2D eigenvalue weighted by Gasteiger charge is -1.98. The van der Waals surface area contributed by atoms with Gasteiger partial charge in [-0.25, -0.2) is 0 Å². The summed E-state index contributed by atoms with van der Waals surface area (Å²) >= 11 is 3.15. The van der Waals surface area contributed by atoms with Crippen LogP contribution in [0.5, 0.6) is 0 Å². The van der Waals surface area contributed by atoms with Crippen LogP contribution in [0.15, 0.2) is 12.3 Å². The molecule has 0 bridgehead atoms. The molecular formula is C7H8BrN3O3. The van der Waals surface area contributed by atoms with Crippen LogP contribution in [-0.4, -0.2) is 27.7 Å². The monoisotopic (exact) mass is 261 g/mol. The van der Waals surface area contributed by atoms with Crippen LogP contribution < -0.4 is 5.32 Å². The van der Waals surface area contributed by atoms with Crippen LogP contribution in [0.25, 0.3) is 0 Å². The Balaban J connectivity index is 2.66. The van der Waals surface area contributed by atoms with Gasteiger partial charge in [-0.1, -0.05) is 15.9 Å². The number of rotatable bonds is 4. The lowest BCUT2D eigenvalue weighted by molar-refractivity contribution is -0.384. The molecule has 0 saturated carbocycles. The van der Waals surface area contributed by atoms with Gasteiger partial charge in [0.05, 0.1) is 11.1 Å². The summed E-state index contributed by atoms with van der Waals surface area (Å²) in [5.74, 6) is -0.349. The highest BCUT2D eigenvalue weighted by Crippen LogP contribution is 2.11. The normalized spacial score (nSPS) is 9.79. The molecular weight excluding hydrogens is 254 g/mol. The third kappa shape index (κ3) is 2.56. The Morgan fingerprint density at radius 2 is 2.43 bits per heavy atom. The van der Waals surface area contributed by atoms with Gasteiger partial charge in [-0.05, 0) is 0 Å². The van der Waals surface area contributed by atoms with Gasteiger partial charge >= 0.3 is 0 Å². The van der Waals surface area contributed by atoms with E-state index < -0.39 is 4.92 Å². The minimum Gasteiger partial charge on any atom is -0.351 e. The Bertz CT molecular complexity index is 350. The zero-order chi connectivity index (χ0) is 10.6. The van der Waals surface area contributed by atoms with Gasteiger partial charge in [-0.3, -0.25) is 14.9 Å². The van der Waals surface area contributed by atoms with Crippen molar-refractivity contribution in [1.82, 2.24) is 10.3 Å². The first-order valence-electron chi connectivity index (χ1n) is 3.82. The summed E-state index contributed by atoms with van der Waals surface area (Å²) < 4.78 is 0. The van der Waals surface area contributed by atoms with Crippen molar-refractivity contribution >= 4 is 27.5 Å². The molecule has 6 nitrogen and oxygen atoms in total. The van der Waals surface area contributed by atoms with Crippen molar-refractivity contribution in [2.45, 2.75) is 0 Å². The second-order valence-electron chi connectivity index (χ2n) is 2.47. The van der Waals surface area contributed by atoms with Gasteiger partial charge in [0.25, 0.3) is 11.6 Å². The van der Waals surface area contributed by atoms with E-state index in [0.29, 0.717) is 11.9 Å². The number of carbonyl (C=O) groups excluding carboxylic acids is 1. The number of nitro groups is 1. The van der Waals surface area contributed by atoms with E-state index >= 15 is 0 Å². The predicted octanol–water partition coefficient (Wildman–Crippen LogP) is 1.05. The summed E-state index contributed by atoms with van der Waals surface area (Å²) in [6.07, 6.45) is 1.18. The first-order chi connectivity index (χ1) is 6.65.